The molecule has 0 aliphatic heterocycles. The van der Waals surface area contributed by atoms with Crippen molar-refractivity contribution in [3.63, 3.8) is 0 Å². The first-order valence-corrected chi connectivity index (χ1v) is 9.83. The topological polar surface area (TPSA) is 112 Å². The highest BCUT2D eigenvalue weighted by Crippen LogP contribution is 2.27. The number of esters is 1. The lowest BCUT2D eigenvalue weighted by atomic mass is 9.98. The van der Waals surface area contributed by atoms with Crippen molar-refractivity contribution >= 4 is 17.6 Å². The maximum Gasteiger partial charge on any atom is 0.306 e. The maximum atomic E-state index is 12.3. The van der Waals surface area contributed by atoms with Gasteiger partial charge < -0.3 is 15.0 Å². The fourth-order valence-corrected chi connectivity index (χ4v) is 3.38. The first-order valence-electron chi connectivity index (χ1n) is 9.83. The van der Waals surface area contributed by atoms with Crippen LogP contribution in [-0.4, -0.2) is 23.5 Å². The number of amides is 1. The number of hydrogen-bond acceptors (Lipinski definition) is 5. The highest BCUT2D eigenvalue weighted by molar-refractivity contribution is 5.94. The minimum absolute atomic E-state index is 0.0352. The van der Waals surface area contributed by atoms with Gasteiger partial charge in [-0.15, -0.1) is 0 Å². The molecule has 7 heteroatoms. The standard InChI is InChI=1S/C23H27N3O4/c1-13(2)17-8-6-7-14(3)22(17)26-20(27)12-30-21(28)10-9-18-15(4)19(11-24)23(29)25-16(18)5/h6-8,13H,9-10,12H2,1-5H3,(H,25,29)(H,26,27). The normalized spacial score (nSPS) is 10.6. The molecule has 0 bridgehead atoms. The van der Waals surface area contributed by atoms with Crippen molar-refractivity contribution in [1.29, 1.82) is 5.26 Å². The summed E-state index contributed by atoms with van der Waals surface area (Å²) in [6.45, 7) is 9.03. The van der Waals surface area contributed by atoms with Crippen LogP contribution < -0.4 is 10.9 Å². The van der Waals surface area contributed by atoms with E-state index in [-0.39, 0.29) is 24.5 Å². The van der Waals surface area contributed by atoms with Crippen LogP contribution in [0.25, 0.3) is 0 Å². The van der Waals surface area contributed by atoms with Crippen molar-refractivity contribution in [2.24, 2.45) is 0 Å². The van der Waals surface area contributed by atoms with Gasteiger partial charge in [0.05, 0.1) is 0 Å². The molecule has 1 heterocycles. The van der Waals surface area contributed by atoms with Crippen molar-refractivity contribution in [3.8, 4) is 6.07 Å². The van der Waals surface area contributed by atoms with Gasteiger partial charge in [-0.2, -0.15) is 5.26 Å². The first-order chi connectivity index (χ1) is 14.1. The molecule has 0 atom stereocenters. The number of ether oxygens (including phenoxy) is 1. The lowest BCUT2D eigenvalue weighted by Crippen LogP contribution is -2.22. The second-order valence-corrected chi connectivity index (χ2v) is 7.57. The maximum absolute atomic E-state index is 12.3. The summed E-state index contributed by atoms with van der Waals surface area (Å²) in [6, 6.07) is 7.71. The second kappa shape index (κ2) is 9.88. The summed E-state index contributed by atoms with van der Waals surface area (Å²) in [5, 5.41) is 12.0. The third-order valence-corrected chi connectivity index (χ3v) is 5.06. The number of nitrogens with zero attached hydrogens (tertiary/aromatic N) is 1. The monoisotopic (exact) mass is 409 g/mol. The van der Waals surface area contributed by atoms with Crippen LogP contribution in [0.15, 0.2) is 23.0 Å². The van der Waals surface area contributed by atoms with Gasteiger partial charge in [0.15, 0.2) is 6.61 Å². The fraction of sp³-hybridized carbons (Fsp3) is 0.391. The molecular formula is C23H27N3O4. The SMILES string of the molecule is Cc1cccc(C(C)C)c1NC(=O)COC(=O)CCc1c(C)[nH]c(=O)c(C#N)c1C. The number of para-hydroxylation sites is 1. The molecule has 7 nitrogen and oxygen atoms in total. The number of nitriles is 1. The number of hydrogen-bond donors (Lipinski definition) is 2. The molecule has 0 radical (unpaired) electrons. The predicted octanol–water partition coefficient (Wildman–Crippen LogP) is 3.41. The molecule has 30 heavy (non-hydrogen) atoms. The van der Waals surface area contributed by atoms with E-state index in [2.05, 4.69) is 10.3 Å². The van der Waals surface area contributed by atoms with E-state index >= 15 is 0 Å². The molecule has 1 aromatic heterocycles. The van der Waals surface area contributed by atoms with Gasteiger partial charge in [-0.05, 0) is 55.4 Å². The van der Waals surface area contributed by atoms with E-state index in [0.29, 0.717) is 17.7 Å². The summed E-state index contributed by atoms with van der Waals surface area (Å²) < 4.78 is 5.11. The predicted molar refractivity (Wildman–Crippen MR) is 114 cm³/mol. The van der Waals surface area contributed by atoms with Crippen LogP contribution in [0.4, 0.5) is 5.69 Å². The minimum Gasteiger partial charge on any atom is -0.456 e. The van der Waals surface area contributed by atoms with Gasteiger partial charge in [-0.1, -0.05) is 32.0 Å². The molecule has 0 saturated carbocycles. The Labute approximate surface area is 176 Å². The molecule has 0 aliphatic carbocycles. The van der Waals surface area contributed by atoms with Crippen molar-refractivity contribution in [3.05, 3.63) is 62.1 Å². The van der Waals surface area contributed by atoms with Gasteiger partial charge >= 0.3 is 5.97 Å². The van der Waals surface area contributed by atoms with Gasteiger partial charge in [0.1, 0.15) is 11.6 Å². The lowest BCUT2D eigenvalue weighted by molar-refractivity contribution is -0.147. The number of H-pyrrole nitrogens is 1. The number of carbonyl (C=O) groups excluding carboxylic acids is 2. The zero-order chi connectivity index (χ0) is 22.4. The zero-order valence-corrected chi connectivity index (χ0v) is 18.0. The van der Waals surface area contributed by atoms with Crippen LogP contribution in [0.2, 0.25) is 0 Å². The van der Waals surface area contributed by atoms with Crippen LogP contribution in [0.5, 0.6) is 0 Å². The van der Waals surface area contributed by atoms with E-state index in [1.54, 1.807) is 13.8 Å². The molecular weight excluding hydrogens is 382 g/mol. The largest absolute Gasteiger partial charge is 0.456 e. The van der Waals surface area contributed by atoms with Crippen molar-refractivity contribution < 1.29 is 14.3 Å². The summed E-state index contributed by atoms with van der Waals surface area (Å²) >= 11 is 0. The molecule has 1 aromatic carbocycles. The van der Waals surface area contributed by atoms with Gasteiger partial charge in [-0.3, -0.25) is 14.4 Å². The van der Waals surface area contributed by atoms with Gasteiger partial charge in [0.25, 0.3) is 11.5 Å². The Balaban J connectivity index is 1.96. The van der Waals surface area contributed by atoms with Crippen LogP contribution in [-0.2, 0) is 20.7 Å². The molecule has 0 fully saturated rings. The number of nitrogens with one attached hydrogen (secondary N) is 2. The molecule has 158 valence electrons. The molecule has 2 aromatic rings. The van der Waals surface area contributed by atoms with Crippen LogP contribution in [0.3, 0.4) is 0 Å². The van der Waals surface area contributed by atoms with Crippen LogP contribution >= 0.6 is 0 Å². The number of carbonyl (C=O) groups is 2. The molecule has 0 aliphatic rings. The van der Waals surface area contributed by atoms with E-state index in [4.69, 9.17) is 10.00 Å². The Bertz CT molecular complexity index is 1060. The van der Waals surface area contributed by atoms with Crippen molar-refractivity contribution in [1.82, 2.24) is 4.98 Å². The second-order valence-electron chi connectivity index (χ2n) is 7.57. The molecule has 1 amide bonds. The number of pyridine rings is 1. The Morgan fingerprint density at radius 3 is 2.57 bits per heavy atom. The summed E-state index contributed by atoms with van der Waals surface area (Å²) in [4.78, 5) is 38.8. The van der Waals surface area contributed by atoms with E-state index in [1.807, 2.05) is 45.0 Å². The summed E-state index contributed by atoms with van der Waals surface area (Å²) in [7, 11) is 0. The van der Waals surface area contributed by atoms with Crippen molar-refractivity contribution in [2.75, 3.05) is 11.9 Å². The number of rotatable bonds is 7. The minimum atomic E-state index is -0.525. The van der Waals surface area contributed by atoms with Gasteiger partial charge in [-0.25, -0.2) is 0 Å². The average Bonchev–Trinajstić information content (AvgIpc) is 2.67. The quantitative estimate of drug-likeness (QED) is 0.681. The first kappa shape index (κ1) is 22.9. The number of aryl methyl sites for hydroxylation is 2. The molecule has 0 unspecified atom stereocenters. The third-order valence-electron chi connectivity index (χ3n) is 5.06. The Morgan fingerprint density at radius 2 is 1.93 bits per heavy atom. The van der Waals surface area contributed by atoms with Crippen molar-refractivity contribution in [2.45, 2.75) is 53.4 Å². The highest BCUT2D eigenvalue weighted by Gasteiger charge is 2.16. The smallest absolute Gasteiger partial charge is 0.306 e. The third kappa shape index (κ3) is 5.35. The fourth-order valence-electron chi connectivity index (χ4n) is 3.38. The summed E-state index contributed by atoms with van der Waals surface area (Å²) in [6.07, 6.45) is 0.340. The molecule has 2 rings (SSSR count). The van der Waals surface area contributed by atoms with E-state index in [9.17, 15) is 14.4 Å². The Hall–Kier alpha value is -3.40. The number of aromatic nitrogens is 1. The summed E-state index contributed by atoms with van der Waals surface area (Å²) in [5.74, 6) is -0.685. The van der Waals surface area contributed by atoms with E-state index in [1.165, 1.54) is 0 Å². The Morgan fingerprint density at radius 1 is 1.23 bits per heavy atom. The highest BCUT2D eigenvalue weighted by atomic mass is 16.5. The average molecular weight is 409 g/mol. The lowest BCUT2D eigenvalue weighted by Gasteiger charge is -2.16. The van der Waals surface area contributed by atoms with Crippen LogP contribution in [0, 0.1) is 32.1 Å². The molecule has 2 N–H and O–H groups in total. The number of anilines is 1. The summed E-state index contributed by atoms with van der Waals surface area (Å²) in [5.41, 5.74) is 4.22. The molecule has 0 saturated heterocycles. The van der Waals surface area contributed by atoms with E-state index in [0.717, 1.165) is 22.4 Å². The van der Waals surface area contributed by atoms with Gasteiger partial charge in [0, 0.05) is 17.8 Å². The van der Waals surface area contributed by atoms with Gasteiger partial charge in [0.2, 0.25) is 0 Å². The zero-order valence-electron chi connectivity index (χ0n) is 18.0. The number of benzene rings is 1. The number of aromatic amines is 1. The van der Waals surface area contributed by atoms with E-state index < -0.39 is 17.4 Å². The molecule has 0 spiro atoms. The van der Waals surface area contributed by atoms with Crippen LogP contribution in [0.1, 0.15) is 59.7 Å². The Kier molecular flexibility index (Phi) is 7.54.